The van der Waals surface area contributed by atoms with E-state index in [-0.39, 0.29) is 12.8 Å². The first-order chi connectivity index (χ1) is 18.2. The third kappa shape index (κ3) is 4.97. The number of carbonyl (C=O) groups excluding carboxylic acids is 6. The summed E-state index contributed by atoms with van der Waals surface area (Å²) in [5.74, 6) is -4.83. The van der Waals surface area contributed by atoms with Gasteiger partial charge in [0.05, 0.1) is 0 Å². The number of rotatable bonds is 4. The Morgan fingerprint density at radius 3 is 1.11 bits per heavy atom. The van der Waals surface area contributed by atoms with Crippen LogP contribution in [-0.4, -0.2) is 82.0 Å². The zero-order valence-electron chi connectivity index (χ0n) is 20.9. The Bertz CT molecular complexity index is 909. The first-order valence-corrected chi connectivity index (χ1v) is 21.7. The molecule has 3 saturated carbocycles. The van der Waals surface area contributed by atoms with Gasteiger partial charge in [-0.3, -0.25) is 0 Å². The third-order valence-electron chi connectivity index (χ3n) is 8.41. The molecule has 5 aliphatic rings. The van der Waals surface area contributed by atoms with Crippen LogP contribution in [0.3, 0.4) is 0 Å². The summed E-state index contributed by atoms with van der Waals surface area (Å²) < 4.78 is 32.4. The van der Waals surface area contributed by atoms with E-state index in [1.165, 1.54) is 0 Å². The van der Waals surface area contributed by atoms with E-state index < -0.39 is 98.2 Å². The van der Waals surface area contributed by atoms with Gasteiger partial charge in [-0.25, -0.2) is 0 Å². The minimum absolute atomic E-state index is 0.0947. The van der Waals surface area contributed by atoms with Gasteiger partial charge < -0.3 is 0 Å². The molecule has 0 amide bonds. The van der Waals surface area contributed by atoms with Gasteiger partial charge in [-0.15, -0.1) is 0 Å². The molecule has 208 valence electrons. The molecule has 0 unspecified atom stereocenters. The monoisotopic (exact) mass is 928 g/mol. The summed E-state index contributed by atoms with van der Waals surface area (Å²) in [5, 5.41) is 0. The molecule has 0 atom stereocenters. The van der Waals surface area contributed by atoms with Crippen molar-refractivity contribution in [2.24, 2.45) is 16.2 Å². The van der Waals surface area contributed by atoms with Gasteiger partial charge in [-0.1, -0.05) is 0 Å². The Morgan fingerprint density at radius 2 is 0.789 bits per heavy atom. The Labute approximate surface area is 238 Å². The van der Waals surface area contributed by atoms with Gasteiger partial charge in [0.2, 0.25) is 0 Å². The van der Waals surface area contributed by atoms with Gasteiger partial charge in [0.25, 0.3) is 0 Å². The van der Waals surface area contributed by atoms with Crippen LogP contribution in [0.4, 0.5) is 0 Å². The quantitative estimate of drug-likeness (QED) is 0.300. The third-order valence-corrected chi connectivity index (χ3v) is 15.8. The molecule has 12 nitrogen and oxygen atoms in total. The number of hydrogen-bond acceptors (Lipinski definition) is 12. The Hall–Kier alpha value is -1.41. The molecule has 2 saturated heterocycles. The molecular formula is C24H30Bi2O12. The Balaban J connectivity index is 1.26. The Morgan fingerprint density at radius 1 is 0.500 bits per heavy atom. The van der Waals surface area contributed by atoms with E-state index in [0.29, 0.717) is 64.2 Å². The summed E-state index contributed by atoms with van der Waals surface area (Å²) in [7, 11) is 0. The van der Waals surface area contributed by atoms with Gasteiger partial charge in [-0.2, -0.15) is 0 Å². The molecule has 3 aliphatic carbocycles. The second kappa shape index (κ2) is 11.2. The fourth-order valence-electron chi connectivity index (χ4n) is 5.98. The van der Waals surface area contributed by atoms with Crippen molar-refractivity contribution in [3.8, 4) is 0 Å². The van der Waals surface area contributed by atoms with E-state index in [1.807, 2.05) is 0 Å². The minimum atomic E-state index is -4.32. The van der Waals surface area contributed by atoms with Crippen molar-refractivity contribution in [3.05, 3.63) is 0 Å². The van der Waals surface area contributed by atoms with Gasteiger partial charge >= 0.3 is 240 Å². The maximum atomic E-state index is 13.4. The molecule has 5 rings (SSSR count). The van der Waals surface area contributed by atoms with Crippen molar-refractivity contribution in [2.75, 3.05) is 0 Å². The first kappa shape index (κ1) is 28.1. The molecule has 2 heterocycles. The van der Waals surface area contributed by atoms with Crippen LogP contribution in [0.1, 0.15) is 96.3 Å². The van der Waals surface area contributed by atoms with E-state index in [9.17, 15) is 28.8 Å². The predicted octanol–water partition coefficient (Wildman–Crippen LogP) is 2.09. The SMILES string of the molecule is O=C([O][Bi]1[O]C(=O)C2(CCCCC2)C(=O)[O]1)C1(C(=O)[O][Bi]2[O]C(=O)C3(CCCCC3)C(=O)[O]2)CCCCC1. The van der Waals surface area contributed by atoms with Crippen molar-refractivity contribution < 1.29 is 45.6 Å². The van der Waals surface area contributed by atoms with E-state index in [4.69, 9.17) is 16.9 Å². The van der Waals surface area contributed by atoms with Crippen molar-refractivity contribution in [1.82, 2.24) is 0 Å². The van der Waals surface area contributed by atoms with Crippen LogP contribution < -0.4 is 0 Å². The number of hydrogen-bond donors (Lipinski definition) is 0. The van der Waals surface area contributed by atoms with Crippen LogP contribution in [0.25, 0.3) is 0 Å². The molecule has 0 aromatic heterocycles. The molecule has 0 aromatic rings. The molecule has 2 spiro atoms. The van der Waals surface area contributed by atoms with Crippen molar-refractivity contribution in [2.45, 2.75) is 96.3 Å². The molecule has 38 heavy (non-hydrogen) atoms. The van der Waals surface area contributed by atoms with Crippen LogP contribution >= 0.6 is 0 Å². The summed E-state index contributed by atoms with van der Waals surface area (Å²) in [5.41, 5.74) is -4.42. The average molecular weight is 928 g/mol. The summed E-state index contributed by atoms with van der Waals surface area (Å²) in [6.45, 7) is 0. The van der Waals surface area contributed by atoms with Crippen LogP contribution in [0.5, 0.6) is 0 Å². The van der Waals surface area contributed by atoms with Gasteiger partial charge in [0.15, 0.2) is 0 Å². The van der Waals surface area contributed by atoms with E-state index in [0.717, 1.165) is 19.3 Å². The summed E-state index contributed by atoms with van der Waals surface area (Å²) in [4.78, 5) is 77.8. The standard InChI is InChI=1S/3C8H12O4.2Bi/c3*9-6(10)8(7(11)12)4-2-1-3-5-8;;/h3*1-5H2,(H,9,10)(H,11,12);;/q;;;2*+3/p-6. The molecule has 2 aliphatic heterocycles. The molecule has 0 bridgehead atoms. The summed E-state index contributed by atoms with van der Waals surface area (Å²) in [6, 6.07) is 0. The second-order valence-electron chi connectivity index (χ2n) is 10.6. The molecule has 5 fully saturated rings. The van der Waals surface area contributed by atoms with Crippen molar-refractivity contribution in [3.63, 3.8) is 0 Å². The predicted molar refractivity (Wildman–Crippen MR) is 125 cm³/mol. The van der Waals surface area contributed by atoms with E-state index in [1.54, 1.807) is 0 Å². The Kier molecular flexibility index (Phi) is 8.31. The number of carbonyl (C=O) groups is 6. The van der Waals surface area contributed by atoms with Crippen LogP contribution in [0, 0.1) is 16.2 Å². The van der Waals surface area contributed by atoms with Crippen molar-refractivity contribution in [1.29, 1.82) is 0 Å². The normalized spacial score (nSPS) is 27.1. The zero-order valence-corrected chi connectivity index (χ0v) is 27.9. The topological polar surface area (TPSA) is 158 Å². The molecule has 0 N–H and O–H groups in total. The van der Waals surface area contributed by atoms with Crippen molar-refractivity contribution >= 4 is 82.0 Å². The zero-order chi connectivity index (χ0) is 27.0. The van der Waals surface area contributed by atoms with E-state index >= 15 is 0 Å². The average Bonchev–Trinajstić information content (AvgIpc) is 2.92. The van der Waals surface area contributed by atoms with Crippen LogP contribution in [-0.2, 0) is 45.6 Å². The van der Waals surface area contributed by atoms with Crippen LogP contribution in [0.15, 0.2) is 0 Å². The molecule has 14 heteroatoms. The summed E-state index contributed by atoms with van der Waals surface area (Å²) >= 11 is -8.63. The van der Waals surface area contributed by atoms with Crippen LogP contribution in [0.2, 0.25) is 0 Å². The van der Waals surface area contributed by atoms with Gasteiger partial charge in [0.1, 0.15) is 0 Å². The van der Waals surface area contributed by atoms with Gasteiger partial charge in [0, 0.05) is 0 Å². The molecular weight excluding hydrogens is 898 g/mol. The van der Waals surface area contributed by atoms with Gasteiger partial charge in [-0.05, 0) is 0 Å². The second-order valence-corrected chi connectivity index (χ2v) is 18.4. The maximum absolute atomic E-state index is 13.4. The molecule has 0 aromatic carbocycles. The first-order valence-electron chi connectivity index (χ1n) is 13.2. The fraction of sp³-hybridized carbons (Fsp3) is 0.750. The molecule has 0 radical (unpaired) electrons. The fourth-order valence-corrected chi connectivity index (χ4v) is 14.1. The van der Waals surface area contributed by atoms with E-state index in [2.05, 4.69) is 0 Å². The summed E-state index contributed by atoms with van der Waals surface area (Å²) in [6.07, 6.45) is 7.94.